The second-order valence-electron chi connectivity index (χ2n) is 12.2. The molecule has 1 atom stereocenters. The number of alkyl halides is 3. The van der Waals surface area contributed by atoms with Gasteiger partial charge in [-0.15, -0.1) is 0 Å². The van der Waals surface area contributed by atoms with Crippen molar-refractivity contribution in [1.82, 2.24) is 19.4 Å². The molecule has 1 saturated heterocycles. The van der Waals surface area contributed by atoms with E-state index in [1.807, 2.05) is 52.1 Å². The topological polar surface area (TPSA) is 98.2 Å². The van der Waals surface area contributed by atoms with Gasteiger partial charge in [0.1, 0.15) is 18.6 Å². The maximum atomic E-state index is 13.5. The van der Waals surface area contributed by atoms with Gasteiger partial charge in [-0.05, 0) is 60.5 Å². The van der Waals surface area contributed by atoms with Crippen LogP contribution in [-0.4, -0.2) is 70.2 Å². The zero-order valence-corrected chi connectivity index (χ0v) is 27.4. The molecule has 3 aromatic carbocycles. The number of carbonyl (C=O) groups is 2. The molecule has 10 nitrogen and oxygen atoms in total. The van der Waals surface area contributed by atoms with Crippen molar-refractivity contribution in [2.24, 2.45) is 0 Å². The third-order valence-electron chi connectivity index (χ3n) is 8.96. The summed E-state index contributed by atoms with van der Waals surface area (Å²) in [6, 6.07) is 24.9. The van der Waals surface area contributed by atoms with E-state index in [1.165, 1.54) is 11.8 Å². The van der Waals surface area contributed by atoms with Gasteiger partial charge in [0.2, 0.25) is 18.6 Å². The fourth-order valence-electron chi connectivity index (χ4n) is 6.27. The van der Waals surface area contributed by atoms with Gasteiger partial charge in [0.05, 0.1) is 29.0 Å². The number of benzene rings is 3. The molecule has 1 unspecified atom stereocenters. The molecule has 2 aliphatic rings. The largest absolute Gasteiger partial charge is 0.462 e. The molecular formula is C38H34F3N5O5. The van der Waals surface area contributed by atoms with Gasteiger partial charge in [-0.2, -0.15) is 13.2 Å². The first-order chi connectivity index (χ1) is 24.7. The van der Waals surface area contributed by atoms with Crippen LogP contribution in [0.25, 0.3) is 10.9 Å². The van der Waals surface area contributed by atoms with Crippen LogP contribution in [0.5, 0.6) is 11.6 Å². The Morgan fingerprint density at radius 3 is 2.37 bits per heavy atom. The van der Waals surface area contributed by atoms with Crippen LogP contribution in [0.2, 0.25) is 0 Å². The highest BCUT2D eigenvalue weighted by atomic mass is 19.4. The number of fused-ring (bicyclic) bond motifs is 1. The fourth-order valence-corrected chi connectivity index (χ4v) is 6.27. The zero-order valence-electron chi connectivity index (χ0n) is 27.4. The molecule has 5 aromatic rings. The number of carbonyl (C=O) groups excluding carboxylic acids is 2. The van der Waals surface area contributed by atoms with Crippen molar-refractivity contribution >= 4 is 28.4 Å². The van der Waals surface area contributed by atoms with E-state index in [-0.39, 0.29) is 36.7 Å². The molecule has 0 aliphatic carbocycles. The van der Waals surface area contributed by atoms with Gasteiger partial charge in [-0.1, -0.05) is 36.4 Å². The Labute approximate surface area is 291 Å². The van der Waals surface area contributed by atoms with E-state index in [0.717, 1.165) is 47.3 Å². The molecule has 51 heavy (non-hydrogen) atoms. The lowest BCUT2D eigenvalue weighted by Crippen LogP contribution is -2.53. The molecular weight excluding hydrogens is 663 g/mol. The van der Waals surface area contributed by atoms with Gasteiger partial charge in [0, 0.05) is 49.4 Å². The van der Waals surface area contributed by atoms with Gasteiger partial charge < -0.3 is 29.0 Å². The van der Waals surface area contributed by atoms with Crippen LogP contribution in [-0.2, 0) is 33.4 Å². The summed E-state index contributed by atoms with van der Waals surface area (Å²) < 4.78 is 57.6. The number of rotatable bonds is 10. The van der Waals surface area contributed by atoms with E-state index < -0.39 is 17.6 Å². The number of amides is 2. The predicted molar refractivity (Wildman–Crippen MR) is 183 cm³/mol. The third-order valence-corrected chi connectivity index (χ3v) is 8.96. The Morgan fingerprint density at radius 2 is 1.69 bits per heavy atom. The van der Waals surface area contributed by atoms with Crippen LogP contribution in [0.1, 0.15) is 21.5 Å². The number of nitrogens with zero attached hydrogens (tertiary/aromatic N) is 4. The van der Waals surface area contributed by atoms with E-state index in [9.17, 15) is 22.8 Å². The summed E-state index contributed by atoms with van der Waals surface area (Å²) in [5.41, 5.74) is 1.63. The van der Waals surface area contributed by atoms with Gasteiger partial charge in [-0.3, -0.25) is 14.5 Å². The fraction of sp³-hybridized carbons (Fsp3) is 0.237. The van der Waals surface area contributed by atoms with E-state index >= 15 is 0 Å². The van der Waals surface area contributed by atoms with Crippen LogP contribution in [0.15, 0.2) is 115 Å². The number of anilines is 1. The van der Waals surface area contributed by atoms with Crippen LogP contribution in [0.4, 0.5) is 18.9 Å². The number of nitrogens with one attached hydrogen (secondary N) is 1. The lowest BCUT2D eigenvalue weighted by Gasteiger charge is -2.39. The Balaban J connectivity index is 0.952. The summed E-state index contributed by atoms with van der Waals surface area (Å²) in [5, 5.41) is 3.42. The zero-order chi connectivity index (χ0) is 35.4. The SMILES string of the molecule is O=C(Nc1ccc(Oc2cccc3c2ccn3CC(=O)N2CCN(C(Cc3ccccc3)C3=COCO3)CC2)nc1)c1ccc(C(F)(F)F)cc1. The Morgan fingerprint density at radius 1 is 0.902 bits per heavy atom. The van der Waals surface area contributed by atoms with E-state index in [0.29, 0.717) is 37.6 Å². The van der Waals surface area contributed by atoms with E-state index in [1.54, 1.807) is 24.5 Å². The molecule has 0 saturated carbocycles. The summed E-state index contributed by atoms with van der Waals surface area (Å²) in [6.45, 7) is 3.00. The van der Waals surface area contributed by atoms with Crippen LogP contribution in [0, 0.1) is 0 Å². The van der Waals surface area contributed by atoms with Gasteiger partial charge in [0.15, 0.2) is 5.76 Å². The molecule has 4 heterocycles. The van der Waals surface area contributed by atoms with Crippen LogP contribution >= 0.6 is 0 Å². The monoisotopic (exact) mass is 697 g/mol. The molecule has 262 valence electrons. The summed E-state index contributed by atoms with van der Waals surface area (Å²) in [4.78, 5) is 34.5. The molecule has 7 rings (SSSR count). The van der Waals surface area contributed by atoms with Crippen molar-refractivity contribution in [3.8, 4) is 11.6 Å². The first kappa shape index (κ1) is 33.7. The minimum absolute atomic E-state index is 0.0216. The highest BCUT2D eigenvalue weighted by Gasteiger charge is 2.32. The summed E-state index contributed by atoms with van der Waals surface area (Å²) in [5.74, 6) is 1.07. The highest BCUT2D eigenvalue weighted by molar-refractivity contribution is 6.04. The predicted octanol–water partition coefficient (Wildman–Crippen LogP) is 6.70. The first-order valence-electron chi connectivity index (χ1n) is 16.4. The Bertz CT molecular complexity index is 2020. The van der Waals surface area contributed by atoms with Crippen molar-refractivity contribution in [3.05, 3.63) is 132 Å². The molecule has 0 spiro atoms. The van der Waals surface area contributed by atoms with E-state index in [4.69, 9.17) is 14.2 Å². The highest BCUT2D eigenvalue weighted by Crippen LogP contribution is 2.31. The van der Waals surface area contributed by atoms with Crippen LogP contribution in [0.3, 0.4) is 0 Å². The van der Waals surface area contributed by atoms with Crippen molar-refractivity contribution in [2.45, 2.75) is 25.2 Å². The van der Waals surface area contributed by atoms with Gasteiger partial charge in [0.25, 0.3) is 5.91 Å². The summed E-state index contributed by atoms with van der Waals surface area (Å²) in [6.07, 6.45) is 1.26. The van der Waals surface area contributed by atoms with Crippen molar-refractivity contribution in [1.29, 1.82) is 0 Å². The lowest BCUT2D eigenvalue weighted by molar-refractivity contribution is -0.137. The van der Waals surface area contributed by atoms with Crippen molar-refractivity contribution in [3.63, 3.8) is 0 Å². The van der Waals surface area contributed by atoms with Gasteiger partial charge in [-0.25, -0.2) is 4.98 Å². The summed E-state index contributed by atoms with van der Waals surface area (Å²) >= 11 is 0. The second kappa shape index (κ2) is 14.6. The quantitative estimate of drug-likeness (QED) is 0.174. The molecule has 13 heteroatoms. The second-order valence-corrected chi connectivity index (χ2v) is 12.2. The first-order valence-corrected chi connectivity index (χ1v) is 16.4. The number of pyridine rings is 1. The van der Waals surface area contributed by atoms with Crippen LogP contribution < -0.4 is 10.1 Å². The molecule has 2 aromatic heterocycles. The standard InChI is InChI=1S/C38H34F3N5O5/c39-38(40,41)28-11-9-27(10-12-28)37(48)43-29-13-14-35(42-22-29)51-33-8-4-7-31-30(33)15-16-46(31)23-36(47)45-19-17-44(18-20-45)32(34-24-49-25-50-34)21-26-5-2-1-3-6-26/h1-16,22,24,32H,17-21,23,25H2,(H,43,48). The number of ether oxygens (including phenoxy) is 3. The third kappa shape index (κ3) is 7.83. The Kier molecular flexibility index (Phi) is 9.62. The van der Waals surface area contributed by atoms with Gasteiger partial charge >= 0.3 is 6.18 Å². The van der Waals surface area contributed by atoms with Crippen molar-refractivity contribution in [2.75, 3.05) is 38.3 Å². The van der Waals surface area contributed by atoms with Crippen molar-refractivity contribution < 1.29 is 37.0 Å². The maximum Gasteiger partial charge on any atom is 0.416 e. The minimum atomic E-state index is -4.48. The number of aromatic nitrogens is 2. The number of hydrogen-bond acceptors (Lipinski definition) is 7. The summed E-state index contributed by atoms with van der Waals surface area (Å²) in [7, 11) is 0. The molecule has 2 amide bonds. The number of hydrogen-bond donors (Lipinski definition) is 1. The molecule has 0 radical (unpaired) electrons. The Hall–Kier alpha value is -5.82. The molecule has 1 fully saturated rings. The lowest BCUT2D eigenvalue weighted by atomic mass is 10.0. The number of halogens is 3. The number of piperazine rings is 1. The smallest absolute Gasteiger partial charge is 0.416 e. The molecule has 0 bridgehead atoms. The molecule has 2 aliphatic heterocycles. The minimum Gasteiger partial charge on any atom is -0.462 e. The normalized spacial score (nSPS) is 15.5. The average Bonchev–Trinajstić information content (AvgIpc) is 3.83. The maximum absolute atomic E-state index is 13.5. The average molecular weight is 698 g/mol. The van der Waals surface area contributed by atoms with E-state index in [2.05, 4.69) is 27.3 Å². The molecule has 1 N–H and O–H groups in total.